The van der Waals surface area contributed by atoms with E-state index in [-0.39, 0.29) is 10.8 Å². The molecule has 0 aliphatic heterocycles. The van der Waals surface area contributed by atoms with Crippen LogP contribution in [0.5, 0.6) is 11.5 Å². The van der Waals surface area contributed by atoms with Crippen molar-refractivity contribution in [3.63, 3.8) is 0 Å². The molecule has 23 heavy (non-hydrogen) atoms. The van der Waals surface area contributed by atoms with Crippen LogP contribution in [0.25, 0.3) is 0 Å². The van der Waals surface area contributed by atoms with Gasteiger partial charge in [0.05, 0.1) is 5.56 Å². The minimum Gasteiger partial charge on any atom is -0.456 e. The first-order valence-electron chi connectivity index (χ1n) is 7.19. The highest BCUT2D eigenvalue weighted by molar-refractivity contribution is 6.30. The molecular formula is C17H17ClF3NO. The second kappa shape index (κ2) is 7.70. The quantitative estimate of drug-likeness (QED) is 0.718. The zero-order valence-electron chi connectivity index (χ0n) is 12.6. The smallest absolute Gasteiger partial charge is 0.419 e. The number of alkyl halides is 3. The van der Waals surface area contributed by atoms with Gasteiger partial charge in [-0.15, -0.1) is 0 Å². The Morgan fingerprint density at radius 2 is 1.83 bits per heavy atom. The van der Waals surface area contributed by atoms with Crippen molar-refractivity contribution in [1.29, 1.82) is 0 Å². The fourth-order valence-electron chi connectivity index (χ4n) is 2.20. The molecule has 0 bridgehead atoms. The maximum Gasteiger partial charge on any atom is 0.419 e. The Bertz CT molecular complexity index is 659. The molecule has 0 atom stereocenters. The predicted octanol–water partition coefficient (Wildman–Crippen LogP) is 5.30. The van der Waals surface area contributed by atoms with E-state index in [1.54, 1.807) is 12.1 Å². The number of halogens is 4. The van der Waals surface area contributed by atoms with Crippen LogP contribution in [0.4, 0.5) is 13.2 Å². The van der Waals surface area contributed by atoms with Crippen LogP contribution in [0.1, 0.15) is 17.5 Å². The van der Waals surface area contributed by atoms with Crippen LogP contribution in [-0.2, 0) is 12.6 Å². The van der Waals surface area contributed by atoms with Gasteiger partial charge in [0.25, 0.3) is 0 Å². The molecule has 6 heteroatoms. The van der Waals surface area contributed by atoms with Crippen molar-refractivity contribution < 1.29 is 17.9 Å². The van der Waals surface area contributed by atoms with Crippen LogP contribution in [0.15, 0.2) is 42.5 Å². The summed E-state index contributed by atoms with van der Waals surface area (Å²) >= 11 is 5.82. The minimum atomic E-state index is -4.50. The molecule has 0 aromatic heterocycles. The number of rotatable bonds is 6. The van der Waals surface area contributed by atoms with E-state index in [0.29, 0.717) is 12.2 Å². The molecule has 2 aromatic carbocycles. The van der Waals surface area contributed by atoms with Gasteiger partial charge in [-0.2, -0.15) is 13.2 Å². The fraction of sp³-hybridized carbons (Fsp3) is 0.294. The van der Waals surface area contributed by atoms with Crippen molar-refractivity contribution in [3.05, 3.63) is 58.6 Å². The van der Waals surface area contributed by atoms with Crippen molar-refractivity contribution in [2.75, 3.05) is 13.6 Å². The number of hydrogen-bond donors (Lipinski definition) is 1. The second-order valence-corrected chi connectivity index (χ2v) is 5.49. The third-order valence-electron chi connectivity index (χ3n) is 3.31. The van der Waals surface area contributed by atoms with Gasteiger partial charge in [-0.3, -0.25) is 0 Å². The third kappa shape index (κ3) is 4.88. The van der Waals surface area contributed by atoms with Gasteiger partial charge >= 0.3 is 6.18 Å². The van der Waals surface area contributed by atoms with E-state index >= 15 is 0 Å². The minimum absolute atomic E-state index is 0.195. The Morgan fingerprint density at radius 3 is 2.52 bits per heavy atom. The van der Waals surface area contributed by atoms with Crippen LogP contribution < -0.4 is 10.1 Å². The van der Waals surface area contributed by atoms with E-state index < -0.39 is 11.7 Å². The summed E-state index contributed by atoms with van der Waals surface area (Å²) in [6, 6.07) is 10.4. The summed E-state index contributed by atoms with van der Waals surface area (Å²) in [5.41, 5.74) is 0.0165. The van der Waals surface area contributed by atoms with Crippen LogP contribution >= 0.6 is 11.6 Å². The van der Waals surface area contributed by atoms with E-state index in [4.69, 9.17) is 16.3 Å². The number of ether oxygens (including phenoxy) is 1. The number of aryl methyl sites for hydroxylation is 1. The van der Waals surface area contributed by atoms with Crippen LogP contribution in [0.2, 0.25) is 5.02 Å². The topological polar surface area (TPSA) is 21.3 Å². The van der Waals surface area contributed by atoms with Crippen molar-refractivity contribution in [3.8, 4) is 11.5 Å². The van der Waals surface area contributed by atoms with Crippen LogP contribution in [0.3, 0.4) is 0 Å². The fourth-order valence-corrected chi connectivity index (χ4v) is 2.36. The lowest BCUT2D eigenvalue weighted by Crippen LogP contribution is -2.09. The molecule has 0 heterocycles. The second-order valence-electron chi connectivity index (χ2n) is 5.06. The molecule has 2 aromatic rings. The average Bonchev–Trinajstić information content (AvgIpc) is 2.48. The van der Waals surface area contributed by atoms with Gasteiger partial charge in [-0.1, -0.05) is 29.8 Å². The summed E-state index contributed by atoms with van der Waals surface area (Å²) in [6.45, 7) is 0.819. The van der Waals surface area contributed by atoms with Crippen LogP contribution in [0, 0.1) is 0 Å². The molecule has 0 spiro atoms. The first-order chi connectivity index (χ1) is 10.9. The zero-order valence-corrected chi connectivity index (χ0v) is 13.3. The number of nitrogens with one attached hydrogen (secondary N) is 1. The first-order valence-corrected chi connectivity index (χ1v) is 7.56. The molecule has 0 unspecified atom stereocenters. The van der Waals surface area contributed by atoms with Crippen molar-refractivity contribution in [1.82, 2.24) is 5.32 Å². The molecule has 2 nitrogen and oxygen atoms in total. The molecule has 1 N–H and O–H groups in total. The Labute approximate surface area is 138 Å². The van der Waals surface area contributed by atoms with E-state index in [2.05, 4.69) is 5.32 Å². The number of hydrogen-bond acceptors (Lipinski definition) is 2. The van der Waals surface area contributed by atoms with Gasteiger partial charge in [0.15, 0.2) is 0 Å². The van der Waals surface area contributed by atoms with Crippen molar-refractivity contribution in [2.24, 2.45) is 0 Å². The van der Waals surface area contributed by atoms with Crippen molar-refractivity contribution >= 4 is 11.6 Å². The molecule has 2 rings (SSSR count). The normalized spacial score (nSPS) is 11.5. The van der Waals surface area contributed by atoms with Gasteiger partial charge in [0.2, 0.25) is 0 Å². The van der Waals surface area contributed by atoms with E-state index in [1.165, 1.54) is 12.1 Å². The largest absolute Gasteiger partial charge is 0.456 e. The van der Waals surface area contributed by atoms with Gasteiger partial charge in [0.1, 0.15) is 11.5 Å². The molecular weight excluding hydrogens is 327 g/mol. The summed E-state index contributed by atoms with van der Waals surface area (Å²) < 4.78 is 44.9. The summed E-state index contributed by atoms with van der Waals surface area (Å²) in [5.74, 6) is 0.127. The predicted molar refractivity (Wildman–Crippen MR) is 85.2 cm³/mol. The molecule has 0 saturated heterocycles. The number of benzene rings is 2. The number of para-hydroxylation sites is 1. The monoisotopic (exact) mass is 343 g/mol. The molecule has 0 saturated carbocycles. The molecule has 124 valence electrons. The van der Waals surface area contributed by atoms with Crippen molar-refractivity contribution in [2.45, 2.75) is 19.0 Å². The molecule has 0 radical (unpaired) electrons. The van der Waals surface area contributed by atoms with Crippen LogP contribution in [-0.4, -0.2) is 13.6 Å². The Kier molecular flexibility index (Phi) is 5.91. The van der Waals surface area contributed by atoms with E-state index in [1.807, 2.05) is 19.2 Å². The highest BCUT2D eigenvalue weighted by Crippen LogP contribution is 2.40. The van der Waals surface area contributed by atoms with Gasteiger partial charge in [-0.05, 0) is 50.2 Å². The Hall–Kier alpha value is -1.72. The first kappa shape index (κ1) is 17.6. The highest BCUT2D eigenvalue weighted by atomic mass is 35.5. The lowest BCUT2D eigenvalue weighted by molar-refractivity contribution is -0.138. The zero-order chi connectivity index (χ0) is 16.9. The third-order valence-corrected chi connectivity index (χ3v) is 3.55. The standard InChI is InChI=1S/C17H17ClF3NO/c1-22-10-4-6-12-5-2-3-7-15(12)23-16-11-13(18)8-9-14(16)17(19,20)21/h2-3,5,7-9,11,22H,4,6,10H2,1H3. The Balaban J connectivity index is 2.31. The summed E-state index contributed by atoms with van der Waals surface area (Å²) in [5, 5.41) is 3.23. The Morgan fingerprint density at radius 1 is 1.09 bits per heavy atom. The SMILES string of the molecule is CNCCCc1ccccc1Oc1cc(Cl)ccc1C(F)(F)F. The van der Waals surface area contributed by atoms with E-state index in [0.717, 1.165) is 24.6 Å². The average molecular weight is 344 g/mol. The molecule has 0 amide bonds. The maximum absolute atomic E-state index is 13.1. The summed E-state index contributed by atoms with van der Waals surface area (Å²) in [4.78, 5) is 0. The molecule has 0 fully saturated rings. The summed E-state index contributed by atoms with van der Waals surface area (Å²) in [6.07, 6.45) is -2.93. The van der Waals surface area contributed by atoms with Gasteiger partial charge < -0.3 is 10.1 Å². The van der Waals surface area contributed by atoms with Gasteiger partial charge in [-0.25, -0.2) is 0 Å². The maximum atomic E-state index is 13.1. The molecule has 0 aliphatic rings. The lowest BCUT2D eigenvalue weighted by atomic mass is 10.1. The molecule has 0 aliphatic carbocycles. The lowest BCUT2D eigenvalue weighted by Gasteiger charge is -2.16. The van der Waals surface area contributed by atoms with E-state index in [9.17, 15) is 13.2 Å². The summed E-state index contributed by atoms with van der Waals surface area (Å²) in [7, 11) is 1.85. The van der Waals surface area contributed by atoms with Gasteiger partial charge in [0, 0.05) is 11.1 Å². The highest BCUT2D eigenvalue weighted by Gasteiger charge is 2.34.